The molecule has 2 unspecified atom stereocenters. The van der Waals surface area contributed by atoms with Crippen molar-refractivity contribution in [3.63, 3.8) is 0 Å². The van der Waals surface area contributed by atoms with Crippen LogP contribution in [0.4, 0.5) is 5.69 Å². The Kier molecular flexibility index (Phi) is 6.80. The molecule has 1 aromatic carbocycles. The fourth-order valence-electron chi connectivity index (χ4n) is 2.35. The van der Waals surface area contributed by atoms with Gasteiger partial charge in [0.25, 0.3) is 0 Å². The van der Waals surface area contributed by atoms with Crippen LogP contribution in [-0.4, -0.2) is 17.8 Å². The molecule has 1 aliphatic rings. The van der Waals surface area contributed by atoms with Gasteiger partial charge < -0.3 is 21.0 Å². The van der Waals surface area contributed by atoms with E-state index in [1.165, 1.54) is 12.1 Å². The summed E-state index contributed by atoms with van der Waals surface area (Å²) in [6.45, 7) is 0. The van der Waals surface area contributed by atoms with Crippen molar-refractivity contribution < 1.29 is 49.0 Å². The number of amides is 2. The number of nitrogens with one attached hydrogen (secondary N) is 1. The minimum absolute atomic E-state index is 0. The number of hydrogen-bond donors (Lipinski definition) is 2. The van der Waals surface area contributed by atoms with Gasteiger partial charge in [0.2, 0.25) is 11.8 Å². The number of aliphatic carboxylic acids is 1. The monoisotopic (exact) mass is 310 g/mol. The Labute approximate surface area is 150 Å². The maximum Gasteiger partial charge on any atom is 1.00 e. The van der Waals surface area contributed by atoms with Gasteiger partial charge in [0.1, 0.15) is 0 Å². The SMILES string of the molecule is NC(=O)c1cccc(NC(=O)C2CC=CCC2C(=O)[O-])c1.[Na+]. The van der Waals surface area contributed by atoms with Crippen molar-refractivity contribution in [1.29, 1.82) is 0 Å². The molecule has 7 heteroatoms. The van der Waals surface area contributed by atoms with E-state index in [1.807, 2.05) is 0 Å². The van der Waals surface area contributed by atoms with Gasteiger partial charge in [0, 0.05) is 23.1 Å². The molecule has 0 bridgehead atoms. The second kappa shape index (κ2) is 8.12. The van der Waals surface area contributed by atoms with Crippen molar-refractivity contribution in [3.05, 3.63) is 42.0 Å². The minimum Gasteiger partial charge on any atom is -0.550 e. The maximum atomic E-state index is 12.2. The molecule has 0 saturated heterocycles. The second-order valence-electron chi connectivity index (χ2n) is 4.91. The van der Waals surface area contributed by atoms with Crippen LogP contribution in [0.25, 0.3) is 0 Å². The number of anilines is 1. The normalized spacial score (nSPS) is 19.8. The van der Waals surface area contributed by atoms with E-state index in [4.69, 9.17) is 5.73 Å². The first kappa shape index (κ1) is 18.4. The zero-order valence-electron chi connectivity index (χ0n) is 12.2. The first-order chi connectivity index (χ1) is 9.99. The summed E-state index contributed by atoms with van der Waals surface area (Å²) in [5.74, 6) is -3.76. The van der Waals surface area contributed by atoms with Crippen LogP contribution < -0.4 is 45.7 Å². The number of allylic oxidation sites excluding steroid dienone is 2. The standard InChI is InChI=1S/C15H16N2O4.Na/c16-13(18)9-4-3-5-10(8-9)17-14(19)11-6-1-2-7-12(11)15(20)21;/h1-5,8,11-12H,6-7H2,(H2,16,18)(H,17,19)(H,20,21);/q;+1/p-1. The Bertz CT molecular complexity index is 615. The van der Waals surface area contributed by atoms with Crippen LogP contribution in [0.1, 0.15) is 23.2 Å². The molecule has 1 aliphatic carbocycles. The molecule has 0 fully saturated rings. The van der Waals surface area contributed by atoms with E-state index in [0.29, 0.717) is 12.1 Å². The number of primary amides is 1. The molecule has 0 aromatic heterocycles. The van der Waals surface area contributed by atoms with Crippen molar-refractivity contribution in [1.82, 2.24) is 0 Å². The summed E-state index contributed by atoms with van der Waals surface area (Å²) < 4.78 is 0. The first-order valence-corrected chi connectivity index (χ1v) is 6.55. The largest absolute Gasteiger partial charge is 1.00 e. The molecule has 22 heavy (non-hydrogen) atoms. The molecule has 0 saturated carbocycles. The third-order valence-electron chi connectivity index (χ3n) is 3.49. The molecule has 0 radical (unpaired) electrons. The number of carbonyl (C=O) groups is 3. The number of hydrogen-bond acceptors (Lipinski definition) is 4. The maximum absolute atomic E-state index is 12.2. The van der Waals surface area contributed by atoms with E-state index in [0.717, 1.165) is 0 Å². The molecule has 2 atom stereocenters. The molecule has 0 spiro atoms. The molecule has 2 rings (SSSR count). The van der Waals surface area contributed by atoms with Crippen LogP contribution in [-0.2, 0) is 9.59 Å². The summed E-state index contributed by atoms with van der Waals surface area (Å²) in [5.41, 5.74) is 5.85. The minimum atomic E-state index is -1.23. The van der Waals surface area contributed by atoms with E-state index in [1.54, 1.807) is 24.3 Å². The van der Waals surface area contributed by atoms with Crippen LogP contribution in [0.15, 0.2) is 36.4 Å². The van der Waals surface area contributed by atoms with Crippen LogP contribution >= 0.6 is 0 Å². The molecular formula is C15H15N2NaO4. The Hall–Kier alpha value is -1.63. The third kappa shape index (κ3) is 4.43. The van der Waals surface area contributed by atoms with E-state index in [9.17, 15) is 19.5 Å². The molecule has 110 valence electrons. The molecule has 6 nitrogen and oxygen atoms in total. The fraction of sp³-hybridized carbons (Fsp3) is 0.267. The number of carboxylic acid groups (broad SMARTS) is 1. The molecule has 2 amide bonds. The smallest absolute Gasteiger partial charge is 0.550 e. The van der Waals surface area contributed by atoms with E-state index in [2.05, 4.69) is 5.32 Å². The van der Waals surface area contributed by atoms with Gasteiger partial charge in [-0.25, -0.2) is 0 Å². The zero-order valence-corrected chi connectivity index (χ0v) is 14.2. The van der Waals surface area contributed by atoms with Gasteiger partial charge in [0.05, 0.1) is 5.92 Å². The van der Waals surface area contributed by atoms with Crippen LogP contribution in [0.2, 0.25) is 0 Å². The van der Waals surface area contributed by atoms with Gasteiger partial charge in [-0.1, -0.05) is 18.2 Å². The Morgan fingerprint density at radius 1 is 1.14 bits per heavy atom. The summed E-state index contributed by atoms with van der Waals surface area (Å²) in [6.07, 6.45) is 4.14. The van der Waals surface area contributed by atoms with E-state index < -0.39 is 29.6 Å². The second-order valence-corrected chi connectivity index (χ2v) is 4.91. The van der Waals surface area contributed by atoms with Crippen molar-refractivity contribution in [2.45, 2.75) is 12.8 Å². The predicted octanol–water partition coefficient (Wildman–Crippen LogP) is -2.94. The number of benzene rings is 1. The van der Waals surface area contributed by atoms with Gasteiger partial charge in [-0.3, -0.25) is 9.59 Å². The Morgan fingerprint density at radius 2 is 1.77 bits per heavy atom. The van der Waals surface area contributed by atoms with E-state index in [-0.39, 0.29) is 41.5 Å². The summed E-state index contributed by atoms with van der Waals surface area (Å²) in [7, 11) is 0. The van der Waals surface area contributed by atoms with Gasteiger partial charge in [-0.15, -0.1) is 0 Å². The number of carboxylic acids is 1. The topological polar surface area (TPSA) is 112 Å². The number of nitrogens with two attached hydrogens (primary N) is 1. The first-order valence-electron chi connectivity index (χ1n) is 6.55. The average Bonchev–Trinajstić information content (AvgIpc) is 2.47. The summed E-state index contributed by atoms with van der Waals surface area (Å²) in [6, 6.07) is 6.18. The van der Waals surface area contributed by atoms with Gasteiger partial charge >= 0.3 is 29.6 Å². The third-order valence-corrected chi connectivity index (χ3v) is 3.49. The van der Waals surface area contributed by atoms with E-state index >= 15 is 0 Å². The van der Waals surface area contributed by atoms with Crippen LogP contribution in [0.5, 0.6) is 0 Å². The molecular weight excluding hydrogens is 295 g/mol. The summed E-state index contributed by atoms with van der Waals surface area (Å²) in [4.78, 5) is 34.4. The number of carbonyl (C=O) groups excluding carboxylic acids is 3. The van der Waals surface area contributed by atoms with Crippen molar-refractivity contribution >= 4 is 23.5 Å². The Balaban J connectivity index is 0.00000242. The van der Waals surface area contributed by atoms with Crippen molar-refractivity contribution in [3.8, 4) is 0 Å². The van der Waals surface area contributed by atoms with Gasteiger partial charge in [0.15, 0.2) is 0 Å². The van der Waals surface area contributed by atoms with Crippen molar-refractivity contribution in [2.75, 3.05) is 5.32 Å². The van der Waals surface area contributed by atoms with Crippen LogP contribution in [0.3, 0.4) is 0 Å². The fourth-order valence-corrected chi connectivity index (χ4v) is 2.35. The van der Waals surface area contributed by atoms with Gasteiger partial charge in [-0.05, 0) is 31.0 Å². The molecule has 3 N–H and O–H groups in total. The summed E-state index contributed by atoms with van der Waals surface area (Å²) >= 11 is 0. The number of rotatable bonds is 4. The predicted molar refractivity (Wildman–Crippen MR) is 74.0 cm³/mol. The summed E-state index contributed by atoms with van der Waals surface area (Å²) in [5, 5.41) is 13.7. The van der Waals surface area contributed by atoms with Crippen molar-refractivity contribution in [2.24, 2.45) is 17.6 Å². The molecule has 1 aromatic rings. The zero-order chi connectivity index (χ0) is 15.4. The average molecular weight is 310 g/mol. The molecule has 0 aliphatic heterocycles. The van der Waals surface area contributed by atoms with Gasteiger partial charge in [-0.2, -0.15) is 0 Å². The quantitative estimate of drug-likeness (QED) is 0.457. The molecule has 0 heterocycles. The Morgan fingerprint density at radius 3 is 2.36 bits per heavy atom. The van der Waals surface area contributed by atoms with Crippen LogP contribution in [0, 0.1) is 11.8 Å².